The molecule has 0 radical (unpaired) electrons. The lowest BCUT2D eigenvalue weighted by molar-refractivity contribution is -0.384. The van der Waals surface area contributed by atoms with E-state index in [0.29, 0.717) is 6.54 Å². The molecule has 0 aromatic heterocycles. The zero-order chi connectivity index (χ0) is 13.3. The van der Waals surface area contributed by atoms with E-state index in [0.717, 1.165) is 12.8 Å². The Balaban J connectivity index is 2.48. The van der Waals surface area contributed by atoms with Crippen molar-refractivity contribution in [3.8, 4) is 0 Å². The molecule has 1 aromatic rings. The first kappa shape index (κ1) is 13.5. The van der Waals surface area contributed by atoms with Crippen LogP contribution < -0.4 is 4.90 Å². The van der Waals surface area contributed by atoms with Gasteiger partial charge in [0, 0.05) is 18.7 Å². The van der Waals surface area contributed by atoms with Crippen molar-refractivity contribution in [2.75, 3.05) is 18.1 Å². The van der Waals surface area contributed by atoms with E-state index in [9.17, 15) is 19.6 Å². The first-order chi connectivity index (χ1) is 8.54. The van der Waals surface area contributed by atoms with Gasteiger partial charge in [0.15, 0.2) is 0 Å². The maximum Gasteiger partial charge on any atom is 0.293 e. The molecule has 7 heteroatoms. The number of halogens is 2. The summed E-state index contributed by atoms with van der Waals surface area (Å²) in [6.45, 7) is 0.525. The Bertz CT molecular complexity index is 484. The molecule has 1 aliphatic rings. The summed E-state index contributed by atoms with van der Waals surface area (Å²) in [5.41, 5.74) is 0.149. The van der Waals surface area contributed by atoms with Gasteiger partial charge in [-0.3, -0.25) is 10.1 Å². The van der Waals surface area contributed by atoms with Gasteiger partial charge in [0.2, 0.25) is 0 Å². The number of rotatable bonds is 3. The molecule has 1 fully saturated rings. The van der Waals surface area contributed by atoms with E-state index in [2.05, 4.69) is 0 Å². The number of benzene rings is 1. The van der Waals surface area contributed by atoms with Crippen molar-refractivity contribution in [2.24, 2.45) is 0 Å². The number of hydrogen-bond acceptors (Lipinski definition) is 4. The van der Waals surface area contributed by atoms with Gasteiger partial charge in [-0.1, -0.05) is 0 Å². The first-order valence-electron chi connectivity index (χ1n) is 5.55. The average molecular weight is 366 g/mol. The minimum atomic E-state index is -0.510. The van der Waals surface area contributed by atoms with Crippen molar-refractivity contribution in [3.05, 3.63) is 31.6 Å². The van der Waals surface area contributed by atoms with Crippen LogP contribution in [-0.4, -0.2) is 29.2 Å². The summed E-state index contributed by atoms with van der Waals surface area (Å²) < 4.78 is 13.8. The average Bonchev–Trinajstić information content (AvgIpc) is 2.79. The summed E-state index contributed by atoms with van der Waals surface area (Å²) in [4.78, 5) is 12.2. The van der Waals surface area contributed by atoms with Crippen molar-refractivity contribution in [1.29, 1.82) is 0 Å². The lowest BCUT2D eigenvalue weighted by Gasteiger charge is -2.25. The maximum absolute atomic E-state index is 13.6. The lowest BCUT2D eigenvalue weighted by Crippen LogP contribution is -2.32. The predicted octanol–water partition coefficient (Wildman–Crippen LogP) is 2.30. The van der Waals surface area contributed by atoms with Gasteiger partial charge in [0.25, 0.3) is 5.69 Å². The van der Waals surface area contributed by atoms with E-state index >= 15 is 0 Å². The van der Waals surface area contributed by atoms with Crippen LogP contribution in [0.25, 0.3) is 0 Å². The first-order valence-corrected chi connectivity index (χ1v) is 6.63. The number of anilines is 1. The van der Waals surface area contributed by atoms with Gasteiger partial charge >= 0.3 is 0 Å². The highest BCUT2D eigenvalue weighted by molar-refractivity contribution is 14.1. The molecule has 1 heterocycles. The molecule has 0 amide bonds. The number of nitro benzene ring substituents is 1. The summed E-state index contributed by atoms with van der Waals surface area (Å²) in [7, 11) is 0. The van der Waals surface area contributed by atoms with Crippen molar-refractivity contribution in [2.45, 2.75) is 18.9 Å². The molecule has 1 atom stereocenters. The van der Waals surface area contributed by atoms with E-state index in [1.54, 1.807) is 27.5 Å². The molecule has 5 nitrogen and oxygen atoms in total. The molecule has 1 aromatic carbocycles. The van der Waals surface area contributed by atoms with E-state index in [4.69, 9.17) is 0 Å². The number of nitrogens with zero attached hydrogens (tertiary/aromatic N) is 2. The third-order valence-corrected chi connectivity index (χ3v) is 3.94. The van der Waals surface area contributed by atoms with Crippen molar-refractivity contribution < 1.29 is 14.4 Å². The monoisotopic (exact) mass is 366 g/mol. The Hall–Kier alpha value is -0.960. The van der Waals surface area contributed by atoms with E-state index in [-0.39, 0.29) is 27.6 Å². The molecule has 1 unspecified atom stereocenters. The second kappa shape index (κ2) is 5.35. The van der Waals surface area contributed by atoms with Gasteiger partial charge in [0.1, 0.15) is 11.5 Å². The zero-order valence-corrected chi connectivity index (χ0v) is 11.6. The molecular formula is C11H12FIN2O3. The number of aliphatic hydroxyl groups is 1. The quantitative estimate of drug-likeness (QED) is 0.507. The van der Waals surface area contributed by atoms with Gasteiger partial charge in [-0.25, -0.2) is 4.39 Å². The van der Waals surface area contributed by atoms with Gasteiger partial charge in [-0.15, -0.1) is 0 Å². The fourth-order valence-corrected chi connectivity index (χ4v) is 2.70. The second-order valence-electron chi connectivity index (χ2n) is 4.18. The molecule has 0 saturated carbocycles. The van der Waals surface area contributed by atoms with Crippen LogP contribution in [0.4, 0.5) is 15.8 Å². The van der Waals surface area contributed by atoms with Crippen LogP contribution in [0, 0.1) is 19.5 Å². The van der Waals surface area contributed by atoms with Crippen LogP contribution in [0.3, 0.4) is 0 Å². The fraction of sp³-hybridized carbons (Fsp3) is 0.455. The zero-order valence-electron chi connectivity index (χ0n) is 9.47. The van der Waals surface area contributed by atoms with Gasteiger partial charge in [0.05, 0.1) is 21.1 Å². The van der Waals surface area contributed by atoms with Crippen LogP contribution in [0.5, 0.6) is 0 Å². The summed E-state index contributed by atoms with van der Waals surface area (Å²) in [6, 6.07) is 2.26. The van der Waals surface area contributed by atoms with Crippen molar-refractivity contribution in [3.63, 3.8) is 0 Å². The Morgan fingerprint density at radius 3 is 2.94 bits per heavy atom. The van der Waals surface area contributed by atoms with Crippen LogP contribution >= 0.6 is 22.6 Å². The summed E-state index contributed by atoms with van der Waals surface area (Å²) in [6.07, 6.45) is 1.61. The SMILES string of the molecule is O=[N+]([O-])c1cc(I)c(F)cc1N1CCCC1CO. The van der Waals surface area contributed by atoms with Gasteiger partial charge in [-0.05, 0) is 35.4 Å². The third-order valence-electron chi connectivity index (χ3n) is 3.11. The molecule has 2 rings (SSSR count). The normalized spacial score (nSPS) is 19.3. The van der Waals surface area contributed by atoms with Crippen LogP contribution in [0.15, 0.2) is 12.1 Å². The molecule has 0 aliphatic carbocycles. The number of aliphatic hydroxyl groups excluding tert-OH is 1. The molecule has 1 N–H and O–H groups in total. The van der Waals surface area contributed by atoms with Crippen molar-refractivity contribution >= 4 is 34.0 Å². The number of hydrogen-bond donors (Lipinski definition) is 1. The van der Waals surface area contributed by atoms with Crippen molar-refractivity contribution in [1.82, 2.24) is 0 Å². The highest BCUT2D eigenvalue weighted by Crippen LogP contribution is 2.35. The third kappa shape index (κ3) is 2.41. The Morgan fingerprint density at radius 1 is 1.61 bits per heavy atom. The van der Waals surface area contributed by atoms with E-state index in [1.165, 1.54) is 12.1 Å². The number of nitro groups is 1. The van der Waals surface area contributed by atoms with Crippen LogP contribution in [0.2, 0.25) is 0 Å². The highest BCUT2D eigenvalue weighted by atomic mass is 127. The largest absolute Gasteiger partial charge is 0.394 e. The maximum atomic E-state index is 13.6. The Labute approximate surface area is 117 Å². The fourth-order valence-electron chi connectivity index (χ4n) is 2.24. The highest BCUT2D eigenvalue weighted by Gasteiger charge is 2.30. The lowest BCUT2D eigenvalue weighted by atomic mass is 10.2. The van der Waals surface area contributed by atoms with Crippen LogP contribution in [-0.2, 0) is 0 Å². The molecule has 98 valence electrons. The molecule has 1 saturated heterocycles. The van der Waals surface area contributed by atoms with Gasteiger partial charge in [-0.2, -0.15) is 0 Å². The van der Waals surface area contributed by atoms with Crippen LogP contribution in [0.1, 0.15) is 12.8 Å². The minimum Gasteiger partial charge on any atom is -0.394 e. The summed E-state index contributed by atoms with van der Waals surface area (Å²) >= 11 is 1.73. The molecule has 0 spiro atoms. The molecule has 0 bridgehead atoms. The molecule has 1 aliphatic heterocycles. The van der Waals surface area contributed by atoms with E-state index < -0.39 is 10.7 Å². The minimum absolute atomic E-state index is 0.0786. The summed E-state index contributed by atoms with van der Waals surface area (Å²) in [5.74, 6) is -0.472. The summed E-state index contributed by atoms with van der Waals surface area (Å²) in [5, 5.41) is 20.3. The second-order valence-corrected chi connectivity index (χ2v) is 5.35. The molecule has 18 heavy (non-hydrogen) atoms. The Kier molecular flexibility index (Phi) is 4.00. The Morgan fingerprint density at radius 2 is 2.33 bits per heavy atom. The topological polar surface area (TPSA) is 66.6 Å². The standard InChI is InChI=1S/C11H12FIN2O3/c12-8-4-10(11(15(17)18)5-9(8)13)14-3-1-2-7(14)6-16/h4-5,7,16H,1-3,6H2. The smallest absolute Gasteiger partial charge is 0.293 e. The predicted molar refractivity (Wildman–Crippen MR) is 73.2 cm³/mol. The molecular weight excluding hydrogens is 354 g/mol. The van der Waals surface area contributed by atoms with E-state index in [1.807, 2.05) is 0 Å². The van der Waals surface area contributed by atoms with Gasteiger partial charge < -0.3 is 10.0 Å².